The molecule has 1 unspecified atom stereocenters. The first-order valence-electron chi connectivity index (χ1n) is 4.48. The lowest BCUT2D eigenvalue weighted by Crippen LogP contribution is -2.29. The third-order valence-electron chi connectivity index (χ3n) is 2.06. The summed E-state index contributed by atoms with van der Waals surface area (Å²) in [6, 6.07) is 0. The second kappa shape index (κ2) is 4.07. The molecule has 0 aromatic carbocycles. The fraction of sp³-hybridized carbons (Fsp3) is 1.00. The summed E-state index contributed by atoms with van der Waals surface area (Å²) in [6.45, 7) is 6.79. The Kier molecular flexibility index (Phi) is 3.34. The molecule has 66 valence electrons. The average molecular weight is 158 g/mol. The van der Waals surface area contributed by atoms with Gasteiger partial charge in [-0.3, -0.25) is 0 Å². The molecule has 0 spiro atoms. The van der Waals surface area contributed by atoms with Gasteiger partial charge in [-0.25, -0.2) is 0 Å². The summed E-state index contributed by atoms with van der Waals surface area (Å²) in [4.78, 5) is 0. The van der Waals surface area contributed by atoms with E-state index in [0.717, 1.165) is 32.7 Å². The lowest BCUT2D eigenvalue weighted by atomic mass is 10.1. The monoisotopic (exact) mass is 158 g/mol. The lowest BCUT2D eigenvalue weighted by Gasteiger charge is -2.22. The fourth-order valence-electron chi connectivity index (χ4n) is 1.38. The molecular weight excluding hydrogens is 140 g/mol. The molecule has 1 fully saturated rings. The maximum absolute atomic E-state index is 5.56. The number of hydrogen-bond donors (Lipinski definition) is 0. The summed E-state index contributed by atoms with van der Waals surface area (Å²) in [7, 11) is 0. The van der Waals surface area contributed by atoms with Crippen LogP contribution < -0.4 is 0 Å². The van der Waals surface area contributed by atoms with Crippen molar-refractivity contribution in [1.29, 1.82) is 0 Å². The SMILES string of the molecule is CCCOCC1(C)CCCO1. The summed E-state index contributed by atoms with van der Waals surface area (Å²) >= 11 is 0. The first kappa shape index (κ1) is 9.01. The second-order valence-electron chi connectivity index (χ2n) is 3.45. The van der Waals surface area contributed by atoms with Gasteiger partial charge in [-0.05, 0) is 26.2 Å². The molecule has 2 heteroatoms. The summed E-state index contributed by atoms with van der Waals surface area (Å²) in [5.74, 6) is 0. The lowest BCUT2D eigenvalue weighted by molar-refractivity contribution is -0.0509. The van der Waals surface area contributed by atoms with Crippen LogP contribution in [-0.4, -0.2) is 25.4 Å². The molecular formula is C9H18O2. The molecule has 0 radical (unpaired) electrons. The van der Waals surface area contributed by atoms with E-state index in [1.54, 1.807) is 0 Å². The van der Waals surface area contributed by atoms with Gasteiger partial charge in [-0.15, -0.1) is 0 Å². The van der Waals surface area contributed by atoms with E-state index in [-0.39, 0.29) is 5.60 Å². The van der Waals surface area contributed by atoms with Crippen LogP contribution in [0.2, 0.25) is 0 Å². The van der Waals surface area contributed by atoms with Crippen LogP contribution in [0.25, 0.3) is 0 Å². The molecule has 1 aliphatic heterocycles. The number of hydrogen-bond acceptors (Lipinski definition) is 2. The van der Waals surface area contributed by atoms with Crippen molar-refractivity contribution in [3.8, 4) is 0 Å². The Morgan fingerprint density at radius 3 is 2.91 bits per heavy atom. The molecule has 11 heavy (non-hydrogen) atoms. The zero-order chi connectivity index (χ0) is 8.16. The maximum Gasteiger partial charge on any atom is 0.0887 e. The van der Waals surface area contributed by atoms with Gasteiger partial charge in [0.25, 0.3) is 0 Å². The van der Waals surface area contributed by atoms with Gasteiger partial charge in [0.15, 0.2) is 0 Å². The molecule has 1 heterocycles. The molecule has 0 N–H and O–H groups in total. The Morgan fingerprint density at radius 2 is 2.36 bits per heavy atom. The highest BCUT2D eigenvalue weighted by atomic mass is 16.5. The van der Waals surface area contributed by atoms with Crippen molar-refractivity contribution in [2.75, 3.05) is 19.8 Å². The van der Waals surface area contributed by atoms with Crippen LogP contribution in [0.3, 0.4) is 0 Å². The van der Waals surface area contributed by atoms with Crippen LogP contribution in [0.4, 0.5) is 0 Å². The fourth-order valence-corrected chi connectivity index (χ4v) is 1.38. The Labute approximate surface area is 68.9 Å². The van der Waals surface area contributed by atoms with Crippen molar-refractivity contribution >= 4 is 0 Å². The van der Waals surface area contributed by atoms with Gasteiger partial charge in [-0.2, -0.15) is 0 Å². The standard InChI is InChI=1S/C9H18O2/c1-3-6-10-8-9(2)5-4-7-11-9/h3-8H2,1-2H3. The predicted molar refractivity (Wildman–Crippen MR) is 44.7 cm³/mol. The molecule has 0 saturated carbocycles. The van der Waals surface area contributed by atoms with Crippen LogP contribution in [0.1, 0.15) is 33.1 Å². The minimum Gasteiger partial charge on any atom is -0.378 e. The minimum absolute atomic E-state index is 0.0230. The quantitative estimate of drug-likeness (QED) is 0.582. The zero-order valence-electron chi connectivity index (χ0n) is 7.56. The summed E-state index contributed by atoms with van der Waals surface area (Å²) in [5, 5.41) is 0. The van der Waals surface area contributed by atoms with E-state index in [0.29, 0.717) is 0 Å². The molecule has 1 atom stereocenters. The van der Waals surface area contributed by atoms with E-state index >= 15 is 0 Å². The highest BCUT2D eigenvalue weighted by molar-refractivity contribution is 4.79. The highest BCUT2D eigenvalue weighted by Crippen LogP contribution is 2.24. The zero-order valence-corrected chi connectivity index (χ0v) is 7.56. The molecule has 0 amide bonds. The van der Waals surface area contributed by atoms with Gasteiger partial charge in [0, 0.05) is 13.2 Å². The topological polar surface area (TPSA) is 18.5 Å². The number of rotatable bonds is 4. The Balaban J connectivity index is 2.13. The van der Waals surface area contributed by atoms with Gasteiger partial charge >= 0.3 is 0 Å². The molecule has 0 bridgehead atoms. The van der Waals surface area contributed by atoms with Gasteiger partial charge in [0.05, 0.1) is 12.2 Å². The summed E-state index contributed by atoms with van der Waals surface area (Å²) in [6.07, 6.45) is 3.43. The number of ether oxygens (including phenoxy) is 2. The molecule has 1 saturated heterocycles. The summed E-state index contributed by atoms with van der Waals surface area (Å²) < 4.78 is 11.0. The third-order valence-corrected chi connectivity index (χ3v) is 2.06. The molecule has 1 rings (SSSR count). The molecule has 1 aliphatic rings. The Morgan fingerprint density at radius 1 is 1.55 bits per heavy atom. The van der Waals surface area contributed by atoms with Crippen molar-refractivity contribution in [3.05, 3.63) is 0 Å². The minimum atomic E-state index is 0.0230. The molecule has 0 aromatic rings. The third kappa shape index (κ3) is 2.80. The first-order chi connectivity index (χ1) is 5.27. The summed E-state index contributed by atoms with van der Waals surface area (Å²) in [5.41, 5.74) is 0.0230. The van der Waals surface area contributed by atoms with E-state index in [9.17, 15) is 0 Å². The largest absolute Gasteiger partial charge is 0.378 e. The predicted octanol–water partition coefficient (Wildman–Crippen LogP) is 1.98. The normalized spacial score (nSPS) is 31.1. The van der Waals surface area contributed by atoms with Crippen LogP contribution in [0, 0.1) is 0 Å². The molecule has 0 aliphatic carbocycles. The van der Waals surface area contributed by atoms with Crippen molar-refractivity contribution in [2.24, 2.45) is 0 Å². The Bertz CT molecular complexity index is 106. The van der Waals surface area contributed by atoms with Crippen LogP contribution >= 0.6 is 0 Å². The van der Waals surface area contributed by atoms with Gasteiger partial charge < -0.3 is 9.47 Å². The van der Waals surface area contributed by atoms with Gasteiger partial charge in [0.2, 0.25) is 0 Å². The van der Waals surface area contributed by atoms with E-state index < -0.39 is 0 Å². The second-order valence-corrected chi connectivity index (χ2v) is 3.45. The highest BCUT2D eigenvalue weighted by Gasteiger charge is 2.29. The maximum atomic E-state index is 5.56. The van der Waals surface area contributed by atoms with Crippen molar-refractivity contribution < 1.29 is 9.47 Å². The van der Waals surface area contributed by atoms with Gasteiger partial charge in [0.1, 0.15) is 0 Å². The van der Waals surface area contributed by atoms with Gasteiger partial charge in [-0.1, -0.05) is 6.92 Å². The van der Waals surface area contributed by atoms with E-state index in [1.807, 2.05) is 0 Å². The van der Waals surface area contributed by atoms with Crippen molar-refractivity contribution in [3.63, 3.8) is 0 Å². The Hall–Kier alpha value is -0.0800. The van der Waals surface area contributed by atoms with E-state index in [1.165, 1.54) is 6.42 Å². The first-order valence-corrected chi connectivity index (χ1v) is 4.48. The average Bonchev–Trinajstić information content (AvgIpc) is 2.38. The van der Waals surface area contributed by atoms with Crippen LogP contribution in [0.15, 0.2) is 0 Å². The van der Waals surface area contributed by atoms with E-state index in [2.05, 4.69) is 13.8 Å². The van der Waals surface area contributed by atoms with Crippen molar-refractivity contribution in [1.82, 2.24) is 0 Å². The smallest absolute Gasteiger partial charge is 0.0887 e. The van der Waals surface area contributed by atoms with Crippen LogP contribution in [0.5, 0.6) is 0 Å². The van der Waals surface area contributed by atoms with Crippen molar-refractivity contribution in [2.45, 2.75) is 38.7 Å². The van der Waals surface area contributed by atoms with E-state index in [4.69, 9.17) is 9.47 Å². The molecule has 2 nitrogen and oxygen atoms in total. The van der Waals surface area contributed by atoms with Crippen LogP contribution in [-0.2, 0) is 9.47 Å². The molecule has 0 aromatic heterocycles.